The van der Waals surface area contributed by atoms with Crippen molar-refractivity contribution < 1.29 is 23.7 Å². The van der Waals surface area contributed by atoms with Crippen LogP contribution in [0.3, 0.4) is 0 Å². The maximum atomic E-state index is 13.1. The molecule has 8 heteroatoms. The summed E-state index contributed by atoms with van der Waals surface area (Å²) in [4.78, 5) is 17.2. The van der Waals surface area contributed by atoms with Gasteiger partial charge in [-0.15, -0.1) is 0 Å². The van der Waals surface area contributed by atoms with Gasteiger partial charge in [0.1, 0.15) is 5.75 Å². The predicted molar refractivity (Wildman–Crippen MR) is 107 cm³/mol. The van der Waals surface area contributed by atoms with E-state index in [1.807, 2.05) is 23.1 Å². The summed E-state index contributed by atoms with van der Waals surface area (Å²) in [5, 5.41) is 0.505. The minimum atomic E-state index is -0.141. The quantitative estimate of drug-likeness (QED) is 0.746. The van der Waals surface area contributed by atoms with Gasteiger partial charge in [-0.2, -0.15) is 0 Å². The van der Waals surface area contributed by atoms with Crippen molar-refractivity contribution in [2.24, 2.45) is 0 Å². The number of hydrogen-bond acceptors (Lipinski definition) is 6. The summed E-state index contributed by atoms with van der Waals surface area (Å²) < 4.78 is 21.6. The lowest BCUT2D eigenvalue weighted by Crippen LogP contribution is -2.50. The Morgan fingerprint density at radius 1 is 1.14 bits per heavy atom. The number of ether oxygens (including phenoxy) is 4. The predicted octanol–water partition coefficient (Wildman–Crippen LogP) is 3.08. The summed E-state index contributed by atoms with van der Waals surface area (Å²) in [7, 11) is 3.19. The van der Waals surface area contributed by atoms with E-state index in [-0.39, 0.29) is 24.8 Å². The number of carbonyl (C=O) groups is 1. The van der Waals surface area contributed by atoms with E-state index < -0.39 is 0 Å². The Bertz CT molecular complexity index is 982. The first kappa shape index (κ1) is 18.4. The number of benzene rings is 2. The molecule has 29 heavy (non-hydrogen) atoms. The summed E-state index contributed by atoms with van der Waals surface area (Å²) in [6.45, 7) is 1.65. The molecule has 2 aromatic carbocycles. The van der Waals surface area contributed by atoms with Gasteiger partial charge in [0.25, 0.3) is 0 Å². The third kappa shape index (κ3) is 2.96. The number of methoxy groups -OCH3 is 2. The molecule has 3 aliphatic heterocycles. The van der Waals surface area contributed by atoms with Crippen molar-refractivity contribution in [3.05, 3.63) is 40.9 Å². The summed E-state index contributed by atoms with van der Waals surface area (Å²) >= 11 is 6.26. The number of hydrogen-bond donors (Lipinski definition) is 0. The smallest absolute Gasteiger partial charge is 0.244 e. The second kappa shape index (κ2) is 7.00. The Morgan fingerprint density at radius 2 is 1.97 bits per heavy atom. The number of fused-ring (bicyclic) bond motifs is 3. The highest BCUT2D eigenvalue weighted by molar-refractivity contribution is 6.32. The molecule has 0 aromatic heterocycles. The third-order valence-corrected chi connectivity index (χ3v) is 6.08. The van der Waals surface area contributed by atoms with Gasteiger partial charge < -0.3 is 23.8 Å². The third-order valence-electron chi connectivity index (χ3n) is 5.79. The molecule has 2 fully saturated rings. The van der Waals surface area contributed by atoms with Crippen LogP contribution in [0.15, 0.2) is 30.3 Å². The molecular formula is C21H21ClN2O5. The van der Waals surface area contributed by atoms with Crippen molar-refractivity contribution in [1.29, 1.82) is 0 Å². The van der Waals surface area contributed by atoms with Crippen LogP contribution in [0.2, 0.25) is 5.02 Å². The molecular weight excluding hydrogens is 396 g/mol. The van der Waals surface area contributed by atoms with E-state index >= 15 is 0 Å². The Labute approximate surface area is 173 Å². The van der Waals surface area contributed by atoms with E-state index in [1.54, 1.807) is 26.4 Å². The van der Waals surface area contributed by atoms with E-state index in [2.05, 4.69) is 4.90 Å². The summed E-state index contributed by atoms with van der Waals surface area (Å²) in [5.74, 6) is 2.68. The maximum Gasteiger partial charge on any atom is 0.244 e. The number of nitrogens with zero attached hydrogens (tertiary/aromatic N) is 2. The van der Waals surface area contributed by atoms with Crippen molar-refractivity contribution in [1.82, 2.24) is 4.90 Å². The molecule has 2 aromatic rings. The molecule has 152 valence electrons. The average molecular weight is 417 g/mol. The molecule has 5 rings (SSSR count). The number of amides is 1. The van der Waals surface area contributed by atoms with Gasteiger partial charge in [0, 0.05) is 18.8 Å². The van der Waals surface area contributed by atoms with Gasteiger partial charge in [-0.25, -0.2) is 0 Å². The van der Waals surface area contributed by atoms with Gasteiger partial charge in [0.05, 0.1) is 31.3 Å². The number of halogens is 1. The fourth-order valence-corrected chi connectivity index (χ4v) is 4.74. The van der Waals surface area contributed by atoms with Crippen LogP contribution >= 0.6 is 11.6 Å². The number of anilines is 1. The Balaban J connectivity index is 1.34. The van der Waals surface area contributed by atoms with Crippen molar-refractivity contribution in [2.75, 3.05) is 32.5 Å². The number of rotatable bonds is 5. The molecule has 1 amide bonds. The van der Waals surface area contributed by atoms with Crippen molar-refractivity contribution in [3.8, 4) is 23.0 Å². The Hall–Kier alpha value is -2.64. The minimum absolute atomic E-state index is 0.107. The van der Waals surface area contributed by atoms with Gasteiger partial charge in [0.2, 0.25) is 18.4 Å². The lowest BCUT2D eigenvalue weighted by molar-refractivity contribution is -0.122. The van der Waals surface area contributed by atoms with Crippen LogP contribution in [-0.4, -0.2) is 50.4 Å². The zero-order valence-electron chi connectivity index (χ0n) is 16.2. The van der Waals surface area contributed by atoms with E-state index in [0.717, 1.165) is 24.2 Å². The number of piperazine rings is 1. The van der Waals surface area contributed by atoms with E-state index in [9.17, 15) is 4.79 Å². The summed E-state index contributed by atoms with van der Waals surface area (Å²) in [6.07, 6.45) is 0.810. The SMILES string of the molecule is COc1ccc(N2C(=O)[C@@H]3C[C@H]2CN3Cc2cc(OC)c3c(c2)OCO3)cc1Cl. The first-order chi connectivity index (χ1) is 14.1. The molecule has 2 bridgehead atoms. The normalized spacial score (nSPS) is 22.4. The van der Waals surface area contributed by atoms with Crippen LogP contribution in [0.1, 0.15) is 12.0 Å². The lowest BCUT2D eigenvalue weighted by atomic mass is 10.1. The number of carbonyl (C=O) groups excluding carboxylic acids is 1. The van der Waals surface area contributed by atoms with Gasteiger partial charge in [0.15, 0.2) is 11.5 Å². The second-order valence-corrected chi connectivity index (χ2v) is 7.80. The zero-order valence-corrected chi connectivity index (χ0v) is 16.9. The van der Waals surface area contributed by atoms with Gasteiger partial charge >= 0.3 is 0 Å². The topological polar surface area (TPSA) is 60.5 Å². The molecule has 7 nitrogen and oxygen atoms in total. The first-order valence-electron chi connectivity index (χ1n) is 9.46. The fraction of sp³-hybridized carbons (Fsp3) is 0.381. The first-order valence-corrected chi connectivity index (χ1v) is 9.84. The molecule has 0 unspecified atom stereocenters. The largest absolute Gasteiger partial charge is 0.495 e. The average Bonchev–Trinajstić information content (AvgIpc) is 3.41. The molecule has 3 heterocycles. The molecule has 0 aliphatic carbocycles. The summed E-state index contributed by atoms with van der Waals surface area (Å²) in [5.41, 5.74) is 1.85. The lowest BCUT2D eigenvalue weighted by Gasteiger charge is -2.34. The highest BCUT2D eigenvalue weighted by Gasteiger charge is 2.50. The van der Waals surface area contributed by atoms with Gasteiger partial charge in [-0.1, -0.05) is 11.6 Å². The minimum Gasteiger partial charge on any atom is -0.495 e. The van der Waals surface area contributed by atoms with Crippen molar-refractivity contribution in [3.63, 3.8) is 0 Å². The van der Waals surface area contributed by atoms with Crippen molar-refractivity contribution >= 4 is 23.2 Å². The van der Waals surface area contributed by atoms with Crippen LogP contribution in [-0.2, 0) is 11.3 Å². The van der Waals surface area contributed by atoms with Crippen LogP contribution in [0.4, 0.5) is 5.69 Å². The number of likely N-dealkylation sites (tertiary alicyclic amines) is 1. The molecule has 0 saturated carbocycles. The molecule has 0 radical (unpaired) electrons. The Morgan fingerprint density at radius 3 is 2.69 bits per heavy atom. The Kier molecular flexibility index (Phi) is 4.44. The fourth-order valence-electron chi connectivity index (χ4n) is 4.49. The molecule has 2 atom stereocenters. The summed E-state index contributed by atoms with van der Waals surface area (Å²) in [6, 6.07) is 9.38. The van der Waals surface area contributed by atoms with Crippen molar-refractivity contribution in [2.45, 2.75) is 25.0 Å². The second-order valence-electron chi connectivity index (χ2n) is 7.39. The van der Waals surface area contributed by atoms with Crippen LogP contribution in [0, 0.1) is 0 Å². The van der Waals surface area contributed by atoms with Crippen LogP contribution in [0.25, 0.3) is 0 Å². The van der Waals surface area contributed by atoms with E-state index in [0.29, 0.717) is 34.6 Å². The zero-order chi connectivity index (χ0) is 20.1. The molecule has 0 spiro atoms. The highest BCUT2D eigenvalue weighted by Crippen LogP contribution is 2.43. The monoisotopic (exact) mass is 416 g/mol. The van der Waals surface area contributed by atoms with Crippen LogP contribution in [0.5, 0.6) is 23.0 Å². The standard InChI is InChI=1S/C21H21ClN2O5/c1-26-17-4-3-13(7-15(17)22)24-14-8-16(21(24)25)23(10-14)9-12-5-18(27-2)20-19(6-12)28-11-29-20/h3-7,14,16H,8-11H2,1-2H3/t14-,16-/m0/s1. The van der Waals surface area contributed by atoms with Gasteiger partial charge in [-0.05, 0) is 42.3 Å². The highest BCUT2D eigenvalue weighted by atomic mass is 35.5. The molecule has 2 saturated heterocycles. The molecule has 0 N–H and O–H groups in total. The van der Waals surface area contributed by atoms with E-state index in [1.165, 1.54) is 0 Å². The molecule has 3 aliphatic rings. The van der Waals surface area contributed by atoms with E-state index in [4.69, 9.17) is 30.5 Å². The van der Waals surface area contributed by atoms with Gasteiger partial charge in [-0.3, -0.25) is 9.69 Å². The maximum absolute atomic E-state index is 13.1. The van der Waals surface area contributed by atoms with Crippen LogP contribution < -0.4 is 23.8 Å².